The average Bonchev–Trinajstić information content (AvgIpc) is 2.54. The van der Waals surface area contributed by atoms with Crippen molar-refractivity contribution in [3.8, 4) is 0 Å². The summed E-state index contributed by atoms with van der Waals surface area (Å²) < 4.78 is 13.5. The van der Waals surface area contributed by atoms with Crippen LogP contribution >= 0.6 is 11.8 Å². The first-order valence-electron chi connectivity index (χ1n) is 6.84. The molecule has 0 spiro atoms. The van der Waals surface area contributed by atoms with Gasteiger partial charge in [0.2, 0.25) is 11.8 Å². The summed E-state index contributed by atoms with van der Waals surface area (Å²) in [6.07, 6.45) is 0. The summed E-state index contributed by atoms with van der Waals surface area (Å²) >= 11 is 1.28. The van der Waals surface area contributed by atoms with Gasteiger partial charge in [0.25, 0.3) is 0 Å². The highest BCUT2D eigenvalue weighted by Gasteiger charge is 2.08. The molecule has 0 aliphatic rings. The lowest BCUT2D eigenvalue weighted by molar-refractivity contribution is -0.116. The number of benzene rings is 2. The van der Waals surface area contributed by atoms with Crippen LogP contribution < -0.4 is 16.4 Å². The van der Waals surface area contributed by atoms with E-state index < -0.39 is 11.7 Å². The van der Waals surface area contributed by atoms with Crippen molar-refractivity contribution in [1.29, 1.82) is 0 Å². The zero-order valence-corrected chi connectivity index (χ0v) is 13.0. The highest BCUT2D eigenvalue weighted by Crippen LogP contribution is 2.26. The van der Waals surface area contributed by atoms with Gasteiger partial charge < -0.3 is 16.4 Å². The van der Waals surface area contributed by atoms with Crippen LogP contribution in [0.5, 0.6) is 0 Å². The minimum Gasteiger partial charge on any atom is -0.375 e. The highest BCUT2D eigenvalue weighted by molar-refractivity contribution is 8.00. The number of amides is 2. The molecule has 120 valence electrons. The van der Waals surface area contributed by atoms with Crippen molar-refractivity contribution < 1.29 is 14.0 Å². The molecule has 0 atom stereocenters. The molecule has 2 aromatic carbocycles. The molecule has 23 heavy (non-hydrogen) atoms. The number of primary amides is 1. The zero-order chi connectivity index (χ0) is 16.7. The maximum Gasteiger partial charge on any atom is 0.243 e. The second kappa shape index (κ2) is 8.19. The number of para-hydroxylation sites is 2. The average molecular weight is 333 g/mol. The first-order valence-corrected chi connectivity index (χ1v) is 7.83. The summed E-state index contributed by atoms with van der Waals surface area (Å²) in [5.74, 6) is -1.12. The van der Waals surface area contributed by atoms with Gasteiger partial charge in [-0.3, -0.25) is 9.59 Å². The van der Waals surface area contributed by atoms with E-state index in [1.807, 2.05) is 18.2 Å². The van der Waals surface area contributed by atoms with Crippen LogP contribution in [-0.2, 0) is 9.59 Å². The van der Waals surface area contributed by atoms with E-state index in [0.29, 0.717) is 5.69 Å². The Morgan fingerprint density at radius 2 is 1.70 bits per heavy atom. The van der Waals surface area contributed by atoms with Gasteiger partial charge >= 0.3 is 0 Å². The predicted octanol–water partition coefficient (Wildman–Crippen LogP) is 2.45. The Kier molecular flexibility index (Phi) is 5.99. The van der Waals surface area contributed by atoms with E-state index in [0.717, 1.165) is 4.90 Å². The molecule has 2 amide bonds. The van der Waals surface area contributed by atoms with Gasteiger partial charge in [-0.25, -0.2) is 4.39 Å². The van der Waals surface area contributed by atoms with Crippen molar-refractivity contribution in [2.45, 2.75) is 4.90 Å². The van der Waals surface area contributed by atoms with Crippen LogP contribution in [0.15, 0.2) is 53.4 Å². The van der Waals surface area contributed by atoms with Crippen LogP contribution in [0, 0.1) is 5.82 Å². The van der Waals surface area contributed by atoms with Gasteiger partial charge in [0.15, 0.2) is 0 Å². The third-order valence-electron chi connectivity index (χ3n) is 2.84. The molecular weight excluding hydrogens is 317 g/mol. The number of thioether (sulfide) groups is 1. The summed E-state index contributed by atoms with van der Waals surface area (Å²) in [5.41, 5.74) is 5.98. The van der Waals surface area contributed by atoms with Crippen molar-refractivity contribution in [1.82, 2.24) is 0 Å². The molecular formula is C16H16FN3O2S. The van der Waals surface area contributed by atoms with Crippen LogP contribution in [0.1, 0.15) is 0 Å². The molecule has 0 saturated carbocycles. The van der Waals surface area contributed by atoms with Crippen molar-refractivity contribution >= 4 is 35.0 Å². The van der Waals surface area contributed by atoms with Crippen molar-refractivity contribution in [3.63, 3.8) is 0 Å². The lowest BCUT2D eigenvalue weighted by Crippen LogP contribution is -2.22. The number of carbonyl (C=O) groups excluding carboxylic acids is 2. The number of carbonyl (C=O) groups is 2. The van der Waals surface area contributed by atoms with E-state index in [9.17, 15) is 14.0 Å². The highest BCUT2D eigenvalue weighted by atomic mass is 32.2. The van der Waals surface area contributed by atoms with E-state index in [2.05, 4.69) is 10.6 Å². The quantitative estimate of drug-likeness (QED) is 0.680. The monoisotopic (exact) mass is 333 g/mol. The Labute approximate surface area is 137 Å². The summed E-state index contributed by atoms with van der Waals surface area (Å²) in [5, 5.41) is 5.46. The molecule has 0 aliphatic carbocycles. The Hall–Kier alpha value is -2.54. The largest absolute Gasteiger partial charge is 0.375 e. The molecule has 0 aliphatic heterocycles. The van der Waals surface area contributed by atoms with Gasteiger partial charge in [0, 0.05) is 10.6 Å². The summed E-state index contributed by atoms with van der Waals surface area (Å²) in [6.45, 7) is -0.0253. The molecule has 4 N–H and O–H groups in total. The van der Waals surface area contributed by atoms with Gasteiger partial charge in [-0.15, -0.1) is 11.8 Å². The normalized spacial score (nSPS) is 10.1. The fraction of sp³-hybridized carbons (Fsp3) is 0.125. The van der Waals surface area contributed by atoms with Crippen molar-refractivity contribution in [2.24, 2.45) is 5.73 Å². The molecule has 0 fully saturated rings. The van der Waals surface area contributed by atoms with Crippen LogP contribution in [0.25, 0.3) is 0 Å². The van der Waals surface area contributed by atoms with Gasteiger partial charge in [0.05, 0.1) is 18.0 Å². The third kappa shape index (κ3) is 5.30. The summed E-state index contributed by atoms with van der Waals surface area (Å²) in [6, 6.07) is 13.2. The summed E-state index contributed by atoms with van der Waals surface area (Å²) in [7, 11) is 0. The maximum absolute atomic E-state index is 13.5. The number of anilines is 2. The Balaban J connectivity index is 1.94. The number of nitrogens with one attached hydrogen (secondary N) is 2. The van der Waals surface area contributed by atoms with Gasteiger partial charge in [-0.05, 0) is 24.3 Å². The molecule has 0 bridgehead atoms. The Bertz CT molecular complexity index is 709. The van der Waals surface area contributed by atoms with E-state index in [1.165, 1.54) is 23.9 Å². The van der Waals surface area contributed by atoms with Crippen molar-refractivity contribution in [2.75, 3.05) is 22.9 Å². The zero-order valence-electron chi connectivity index (χ0n) is 12.2. The minimum atomic E-state index is -0.488. The van der Waals surface area contributed by atoms with Crippen LogP contribution in [0.4, 0.5) is 15.8 Å². The lowest BCUT2D eigenvalue weighted by Gasteiger charge is -2.11. The van der Waals surface area contributed by atoms with Crippen LogP contribution in [0.3, 0.4) is 0 Å². The SMILES string of the molecule is NC(=O)CSc1ccccc1NCC(=O)Nc1ccccc1F. The smallest absolute Gasteiger partial charge is 0.243 e. The fourth-order valence-electron chi connectivity index (χ4n) is 1.82. The molecule has 0 aromatic heterocycles. The summed E-state index contributed by atoms with van der Waals surface area (Å²) in [4.78, 5) is 23.6. The van der Waals surface area contributed by atoms with Gasteiger partial charge in [0.1, 0.15) is 5.82 Å². The molecule has 2 aromatic rings. The number of hydrogen-bond donors (Lipinski definition) is 3. The number of nitrogens with two attached hydrogens (primary N) is 1. The number of hydrogen-bond acceptors (Lipinski definition) is 4. The minimum absolute atomic E-state index is 0.0253. The molecule has 5 nitrogen and oxygen atoms in total. The Morgan fingerprint density at radius 3 is 2.39 bits per heavy atom. The second-order valence-corrected chi connectivity index (χ2v) is 5.65. The van der Waals surface area contributed by atoms with E-state index in [-0.39, 0.29) is 23.9 Å². The number of halogens is 1. The maximum atomic E-state index is 13.5. The van der Waals surface area contributed by atoms with E-state index in [4.69, 9.17) is 5.73 Å². The van der Waals surface area contributed by atoms with Crippen molar-refractivity contribution in [3.05, 3.63) is 54.3 Å². The number of rotatable bonds is 7. The fourth-order valence-corrected chi connectivity index (χ4v) is 2.59. The van der Waals surface area contributed by atoms with Gasteiger partial charge in [-0.1, -0.05) is 24.3 Å². The Morgan fingerprint density at radius 1 is 1.04 bits per heavy atom. The van der Waals surface area contributed by atoms with Crippen LogP contribution in [-0.4, -0.2) is 24.1 Å². The van der Waals surface area contributed by atoms with Crippen LogP contribution in [0.2, 0.25) is 0 Å². The standard InChI is InChI=1S/C16H16FN3O2S/c17-11-5-1-2-6-12(11)20-16(22)9-19-13-7-3-4-8-14(13)23-10-15(18)21/h1-8,19H,9-10H2,(H2,18,21)(H,20,22). The molecule has 0 radical (unpaired) electrons. The molecule has 0 unspecified atom stereocenters. The molecule has 2 rings (SSSR count). The first kappa shape index (κ1) is 16.8. The van der Waals surface area contributed by atoms with E-state index >= 15 is 0 Å². The van der Waals surface area contributed by atoms with Gasteiger partial charge in [-0.2, -0.15) is 0 Å². The lowest BCUT2D eigenvalue weighted by atomic mass is 10.3. The van der Waals surface area contributed by atoms with E-state index in [1.54, 1.807) is 18.2 Å². The molecule has 7 heteroatoms. The first-order chi connectivity index (χ1) is 11.1. The second-order valence-electron chi connectivity index (χ2n) is 4.63. The topological polar surface area (TPSA) is 84.2 Å². The third-order valence-corrected chi connectivity index (χ3v) is 3.94. The predicted molar refractivity (Wildman–Crippen MR) is 89.9 cm³/mol. The molecule has 0 saturated heterocycles. The molecule has 0 heterocycles.